The van der Waals surface area contributed by atoms with Crippen molar-refractivity contribution in [2.45, 2.75) is 19.3 Å². The fourth-order valence-electron chi connectivity index (χ4n) is 2.04. The normalized spacial score (nSPS) is 10.2. The Morgan fingerprint density at radius 1 is 1.00 bits per heavy atom. The number of halogens is 1. The molecule has 0 atom stereocenters. The Balaban J connectivity index is 1.55. The molecule has 0 fully saturated rings. The van der Waals surface area contributed by atoms with Gasteiger partial charge < -0.3 is 10.6 Å². The van der Waals surface area contributed by atoms with Crippen LogP contribution >= 0.6 is 15.9 Å². The van der Waals surface area contributed by atoms with Crippen LogP contribution in [0.4, 0.5) is 5.82 Å². The van der Waals surface area contributed by atoms with Gasteiger partial charge >= 0.3 is 0 Å². The number of amides is 1. The van der Waals surface area contributed by atoms with Gasteiger partial charge in [-0.2, -0.15) is 0 Å². The molecule has 0 bridgehead atoms. The zero-order chi connectivity index (χ0) is 15.6. The summed E-state index contributed by atoms with van der Waals surface area (Å²) in [6, 6.07) is 15.6. The van der Waals surface area contributed by atoms with E-state index in [0.717, 1.165) is 35.4 Å². The van der Waals surface area contributed by atoms with Crippen molar-refractivity contribution in [1.82, 2.24) is 10.3 Å². The van der Waals surface area contributed by atoms with Gasteiger partial charge in [0, 0.05) is 13.1 Å². The van der Waals surface area contributed by atoms with Crippen LogP contribution in [0, 0.1) is 0 Å². The van der Waals surface area contributed by atoms with Crippen molar-refractivity contribution in [3.8, 4) is 0 Å². The lowest BCUT2D eigenvalue weighted by molar-refractivity contribution is -0.120. The average Bonchev–Trinajstić information content (AvgIpc) is 2.52. The van der Waals surface area contributed by atoms with E-state index in [1.807, 2.05) is 48.5 Å². The molecule has 0 aliphatic heterocycles. The van der Waals surface area contributed by atoms with E-state index in [9.17, 15) is 4.79 Å². The molecule has 0 saturated heterocycles. The number of unbranched alkanes of at least 4 members (excludes halogenated alkanes) is 1. The summed E-state index contributed by atoms with van der Waals surface area (Å²) < 4.78 is 0.825. The zero-order valence-corrected chi connectivity index (χ0v) is 14.0. The lowest BCUT2D eigenvalue weighted by atomic mass is 10.1. The van der Waals surface area contributed by atoms with E-state index in [2.05, 4.69) is 31.5 Å². The van der Waals surface area contributed by atoms with E-state index in [4.69, 9.17) is 0 Å². The van der Waals surface area contributed by atoms with Crippen molar-refractivity contribution in [3.05, 3.63) is 58.7 Å². The van der Waals surface area contributed by atoms with Crippen molar-refractivity contribution in [1.29, 1.82) is 0 Å². The second-order valence-corrected chi connectivity index (χ2v) is 5.80. The lowest BCUT2D eigenvalue weighted by Gasteiger charge is -2.07. The first-order valence-corrected chi connectivity index (χ1v) is 8.20. The SMILES string of the molecule is O=C(Cc1ccccc1)NCCCCNc1cccc(Br)n1. The Labute approximate surface area is 139 Å². The van der Waals surface area contributed by atoms with Gasteiger partial charge in [-0.05, 0) is 46.5 Å². The van der Waals surface area contributed by atoms with Gasteiger partial charge in [0.05, 0.1) is 6.42 Å². The Kier molecular flexibility index (Phi) is 6.90. The smallest absolute Gasteiger partial charge is 0.224 e. The average molecular weight is 362 g/mol. The van der Waals surface area contributed by atoms with Crippen LogP contribution in [0.5, 0.6) is 0 Å². The molecule has 1 amide bonds. The highest BCUT2D eigenvalue weighted by atomic mass is 79.9. The minimum atomic E-state index is 0.0767. The number of nitrogens with one attached hydrogen (secondary N) is 2. The summed E-state index contributed by atoms with van der Waals surface area (Å²) in [7, 11) is 0. The maximum absolute atomic E-state index is 11.8. The Bertz CT molecular complexity index is 589. The summed E-state index contributed by atoms with van der Waals surface area (Å²) >= 11 is 3.34. The summed E-state index contributed by atoms with van der Waals surface area (Å²) in [5.41, 5.74) is 1.04. The van der Waals surface area contributed by atoms with Crippen LogP contribution in [0.3, 0.4) is 0 Å². The van der Waals surface area contributed by atoms with Crippen molar-refractivity contribution in [2.75, 3.05) is 18.4 Å². The first-order chi connectivity index (χ1) is 10.7. The highest BCUT2D eigenvalue weighted by Gasteiger charge is 2.01. The molecule has 0 aliphatic rings. The molecule has 1 heterocycles. The molecule has 116 valence electrons. The topological polar surface area (TPSA) is 54.0 Å². The first-order valence-electron chi connectivity index (χ1n) is 7.41. The van der Waals surface area contributed by atoms with Gasteiger partial charge in [-0.25, -0.2) is 4.98 Å². The van der Waals surface area contributed by atoms with E-state index in [1.54, 1.807) is 0 Å². The molecule has 5 heteroatoms. The Morgan fingerprint density at radius 3 is 2.55 bits per heavy atom. The minimum Gasteiger partial charge on any atom is -0.370 e. The molecule has 0 aliphatic carbocycles. The molecule has 0 spiro atoms. The molecule has 2 aromatic rings. The fraction of sp³-hybridized carbons (Fsp3) is 0.294. The molecule has 22 heavy (non-hydrogen) atoms. The molecule has 1 aromatic heterocycles. The van der Waals surface area contributed by atoms with E-state index in [-0.39, 0.29) is 5.91 Å². The van der Waals surface area contributed by atoms with Gasteiger partial charge in [0.2, 0.25) is 5.91 Å². The zero-order valence-electron chi connectivity index (χ0n) is 12.4. The van der Waals surface area contributed by atoms with Gasteiger partial charge in [0.25, 0.3) is 0 Å². The summed E-state index contributed by atoms with van der Waals surface area (Å²) in [6.45, 7) is 1.55. The van der Waals surface area contributed by atoms with Gasteiger partial charge in [0.15, 0.2) is 0 Å². The fourth-order valence-corrected chi connectivity index (χ4v) is 2.39. The standard InChI is InChI=1S/C17H20BrN3O/c18-15-9-6-10-16(21-15)19-11-4-5-12-20-17(22)13-14-7-2-1-3-8-14/h1-3,6-10H,4-5,11-13H2,(H,19,21)(H,20,22). The van der Waals surface area contributed by atoms with Crippen LogP contribution in [0.1, 0.15) is 18.4 Å². The van der Waals surface area contributed by atoms with Crippen molar-refractivity contribution >= 4 is 27.7 Å². The molecular formula is C17H20BrN3O. The van der Waals surface area contributed by atoms with Crippen molar-refractivity contribution in [3.63, 3.8) is 0 Å². The van der Waals surface area contributed by atoms with Crippen LogP contribution in [-0.4, -0.2) is 24.0 Å². The maximum atomic E-state index is 11.8. The predicted octanol–water partition coefficient (Wildman–Crippen LogP) is 3.40. The van der Waals surface area contributed by atoms with Crippen LogP contribution in [0.25, 0.3) is 0 Å². The third kappa shape index (κ3) is 6.26. The number of carbonyl (C=O) groups is 1. The molecule has 2 N–H and O–H groups in total. The molecule has 0 saturated carbocycles. The molecule has 1 aromatic carbocycles. The van der Waals surface area contributed by atoms with E-state index in [1.165, 1.54) is 0 Å². The number of aromatic nitrogens is 1. The summed E-state index contributed by atoms with van der Waals surface area (Å²) in [4.78, 5) is 16.1. The summed E-state index contributed by atoms with van der Waals surface area (Å²) in [6.07, 6.45) is 2.38. The second-order valence-electron chi connectivity index (χ2n) is 4.99. The largest absolute Gasteiger partial charge is 0.370 e. The number of hydrogen-bond acceptors (Lipinski definition) is 3. The quantitative estimate of drug-likeness (QED) is 0.559. The number of carbonyl (C=O) groups excluding carboxylic acids is 1. The van der Waals surface area contributed by atoms with Gasteiger partial charge in [-0.1, -0.05) is 36.4 Å². The van der Waals surface area contributed by atoms with Gasteiger partial charge in [-0.3, -0.25) is 4.79 Å². The van der Waals surface area contributed by atoms with E-state index < -0.39 is 0 Å². The summed E-state index contributed by atoms with van der Waals surface area (Å²) in [5, 5.41) is 6.21. The lowest BCUT2D eigenvalue weighted by Crippen LogP contribution is -2.26. The molecule has 0 radical (unpaired) electrons. The second kappa shape index (κ2) is 9.20. The van der Waals surface area contributed by atoms with Crippen molar-refractivity contribution < 1.29 is 4.79 Å². The van der Waals surface area contributed by atoms with E-state index in [0.29, 0.717) is 13.0 Å². The monoisotopic (exact) mass is 361 g/mol. The minimum absolute atomic E-state index is 0.0767. The number of anilines is 1. The number of rotatable bonds is 8. The van der Waals surface area contributed by atoms with Gasteiger partial charge in [-0.15, -0.1) is 0 Å². The number of hydrogen-bond donors (Lipinski definition) is 2. The number of benzene rings is 1. The molecule has 0 unspecified atom stereocenters. The summed E-state index contributed by atoms with van der Waals surface area (Å²) in [5.74, 6) is 0.940. The number of nitrogens with zero attached hydrogens (tertiary/aromatic N) is 1. The first kappa shape index (κ1) is 16.5. The van der Waals surface area contributed by atoms with Crippen molar-refractivity contribution in [2.24, 2.45) is 0 Å². The third-order valence-corrected chi connectivity index (χ3v) is 3.60. The predicted molar refractivity (Wildman–Crippen MR) is 92.8 cm³/mol. The van der Waals surface area contributed by atoms with E-state index >= 15 is 0 Å². The van der Waals surface area contributed by atoms with Gasteiger partial charge in [0.1, 0.15) is 10.4 Å². The highest BCUT2D eigenvalue weighted by molar-refractivity contribution is 9.10. The van der Waals surface area contributed by atoms with Crippen LogP contribution in [0.2, 0.25) is 0 Å². The Hall–Kier alpha value is -1.88. The van der Waals surface area contributed by atoms with Crippen LogP contribution in [-0.2, 0) is 11.2 Å². The molecular weight excluding hydrogens is 342 g/mol. The van der Waals surface area contributed by atoms with Crippen LogP contribution in [0.15, 0.2) is 53.1 Å². The number of pyridine rings is 1. The third-order valence-electron chi connectivity index (χ3n) is 3.15. The Morgan fingerprint density at radius 2 is 1.77 bits per heavy atom. The highest BCUT2D eigenvalue weighted by Crippen LogP contribution is 2.09. The molecule has 2 rings (SSSR count). The molecule has 4 nitrogen and oxygen atoms in total. The van der Waals surface area contributed by atoms with Crippen LogP contribution < -0.4 is 10.6 Å². The maximum Gasteiger partial charge on any atom is 0.224 e.